The van der Waals surface area contributed by atoms with Gasteiger partial charge in [-0.05, 0) is 82.2 Å². The Morgan fingerprint density at radius 1 is 1.12 bits per heavy atom. The molecule has 1 saturated carbocycles. The van der Waals surface area contributed by atoms with Crippen molar-refractivity contribution >= 4 is 45.9 Å². The molecule has 0 spiro atoms. The van der Waals surface area contributed by atoms with Crippen molar-refractivity contribution in [2.75, 3.05) is 40.0 Å². The molecule has 4 aromatic rings. The van der Waals surface area contributed by atoms with Crippen molar-refractivity contribution < 1.29 is 42.2 Å². The highest BCUT2D eigenvalue weighted by Crippen LogP contribution is 2.48. The van der Waals surface area contributed by atoms with E-state index in [4.69, 9.17) is 24.2 Å². The van der Waals surface area contributed by atoms with Crippen molar-refractivity contribution in [2.24, 2.45) is 29.1 Å². The maximum Gasteiger partial charge on any atom is 0.324 e. The number of nitrogens with zero attached hydrogens (tertiary/aromatic N) is 5. The zero-order valence-electron chi connectivity index (χ0n) is 37.6. The first-order chi connectivity index (χ1) is 30.7. The fourth-order valence-corrected chi connectivity index (χ4v) is 10.7. The van der Waals surface area contributed by atoms with Gasteiger partial charge in [0.15, 0.2) is 0 Å². The molecule has 17 heteroatoms. The van der Waals surface area contributed by atoms with Crippen LogP contribution in [0.1, 0.15) is 89.3 Å². The number of carbonyl (C=O) groups excluding carboxylic acids is 4. The van der Waals surface area contributed by atoms with Crippen molar-refractivity contribution in [1.29, 1.82) is 0 Å². The van der Waals surface area contributed by atoms with E-state index >= 15 is 0 Å². The topological polar surface area (TPSA) is 157 Å². The number of amides is 3. The lowest BCUT2D eigenvalue weighted by atomic mass is 9.84. The minimum absolute atomic E-state index is 0.0470. The smallest absolute Gasteiger partial charge is 0.324 e. The molecule has 3 aliphatic heterocycles. The maximum absolute atomic E-state index is 14.8. The van der Waals surface area contributed by atoms with Gasteiger partial charge in [-0.3, -0.25) is 29.2 Å². The van der Waals surface area contributed by atoms with Crippen LogP contribution in [0.4, 0.5) is 8.78 Å². The number of thiazole rings is 1. The van der Waals surface area contributed by atoms with Crippen LogP contribution in [0.3, 0.4) is 0 Å². The molecule has 6 bridgehead atoms. The standard InChI is InChI=1S/C47H59F2N7O7S/c1-8-55-34-15-14-27-20-30(34)31(39(55)29-12-10-17-50-37(29)26(4)61-7)21-47(5,6)24-63-46(60)32-13-11-18-56(53-32)45(59)38(40(62-9-2)43-51-33(27)23-64-43)52-42(57)35-25(3)36(35)44(58)54-19-16-28(22-54)41(48)49/h10,12,14-15,17,20,23,25-26,28,32,35-36,38,40-41,53H,8-9,11,13,16,18-19,21-22,24H2,1-7H3,(H,52,57)/t25-,26+,28-,32+,35-,36-,38+,40+/m1/s1. The predicted octanol–water partition coefficient (Wildman–Crippen LogP) is 6.73. The van der Waals surface area contributed by atoms with Crippen LogP contribution in [0.2, 0.25) is 0 Å². The number of esters is 1. The van der Waals surface area contributed by atoms with Gasteiger partial charge in [-0.15, -0.1) is 11.3 Å². The van der Waals surface area contributed by atoms with Gasteiger partial charge in [0, 0.05) is 84.8 Å². The van der Waals surface area contributed by atoms with Gasteiger partial charge in [-0.2, -0.15) is 0 Å². The number of carbonyl (C=O) groups is 4. The van der Waals surface area contributed by atoms with Crippen LogP contribution >= 0.6 is 11.3 Å². The lowest BCUT2D eigenvalue weighted by Gasteiger charge is -2.37. The van der Waals surface area contributed by atoms with Crippen LogP contribution in [-0.4, -0.2) is 107 Å². The van der Waals surface area contributed by atoms with Crippen molar-refractivity contribution in [2.45, 2.75) is 104 Å². The molecule has 6 heterocycles. The van der Waals surface area contributed by atoms with Crippen LogP contribution in [0, 0.1) is 29.1 Å². The summed E-state index contributed by atoms with van der Waals surface area (Å²) < 4.78 is 47.5. The van der Waals surface area contributed by atoms with Crippen molar-refractivity contribution in [1.82, 2.24) is 35.2 Å². The number of hydrogen-bond acceptors (Lipinski definition) is 11. The van der Waals surface area contributed by atoms with Gasteiger partial charge in [0.25, 0.3) is 5.91 Å². The Morgan fingerprint density at radius 2 is 1.92 bits per heavy atom. The van der Waals surface area contributed by atoms with Crippen LogP contribution in [0.25, 0.3) is 33.4 Å². The third-order valence-corrected chi connectivity index (χ3v) is 14.4. The Morgan fingerprint density at radius 3 is 2.64 bits per heavy atom. The number of ether oxygens (including phenoxy) is 3. The number of aromatic nitrogens is 3. The Bertz CT molecular complexity index is 2400. The summed E-state index contributed by atoms with van der Waals surface area (Å²) in [5.74, 6) is -4.59. The number of hydrazine groups is 1. The highest BCUT2D eigenvalue weighted by Gasteiger charge is 2.58. The molecule has 3 fully saturated rings. The van der Waals surface area contributed by atoms with E-state index in [0.717, 1.165) is 39.0 Å². The number of halogens is 2. The molecule has 1 aromatic carbocycles. The summed E-state index contributed by atoms with van der Waals surface area (Å²) in [5.41, 5.74) is 8.94. The first-order valence-electron chi connectivity index (χ1n) is 22.5. The summed E-state index contributed by atoms with van der Waals surface area (Å²) in [6, 6.07) is 8.13. The molecular weight excluding hydrogens is 845 g/mol. The van der Waals surface area contributed by atoms with E-state index in [1.807, 2.05) is 24.4 Å². The molecule has 64 heavy (non-hydrogen) atoms. The van der Waals surface area contributed by atoms with Gasteiger partial charge in [-0.1, -0.05) is 26.8 Å². The number of alkyl halides is 2. The number of pyridine rings is 1. The highest BCUT2D eigenvalue weighted by molar-refractivity contribution is 7.10. The summed E-state index contributed by atoms with van der Waals surface area (Å²) in [4.78, 5) is 67.8. The summed E-state index contributed by atoms with van der Waals surface area (Å²) in [6.45, 7) is 13.2. The van der Waals surface area contributed by atoms with E-state index in [9.17, 15) is 28.0 Å². The minimum atomic E-state index is -2.52. The predicted molar refractivity (Wildman–Crippen MR) is 237 cm³/mol. The number of fused-ring (bicyclic) bond motifs is 6. The highest BCUT2D eigenvalue weighted by atomic mass is 32.1. The van der Waals surface area contributed by atoms with Gasteiger partial charge >= 0.3 is 5.97 Å². The summed E-state index contributed by atoms with van der Waals surface area (Å²) in [7, 11) is 1.67. The normalized spacial score (nSPS) is 26.5. The molecular formula is C47H59F2N7O7S. The first kappa shape index (κ1) is 45.7. The van der Waals surface area contributed by atoms with Crippen LogP contribution < -0.4 is 10.7 Å². The molecule has 3 amide bonds. The second kappa shape index (κ2) is 18.6. The van der Waals surface area contributed by atoms with Gasteiger partial charge in [0.05, 0.1) is 41.6 Å². The average molecular weight is 904 g/mol. The molecule has 8 atom stereocenters. The molecule has 1 aliphatic carbocycles. The fourth-order valence-electron chi connectivity index (χ4n) is 9.84. The first-order valence-corrected chi connectivity index (χ1v) is 23.4. The monoisotopic (exact) mass is 903 g/mol. The molecule has 14 nitrogen and oxygen atoms in total. The lowest BCUT2D eigenvalue weighted by Crippen LogP contribution is -2.61. The van der Waals surface area contributed by atoms with E-state index in [1.54, 1.807) is 27.2 Å². The largest absolute Gasteiger partial charge is 0.464 e. The van der Waals surface area contributed by atoms with Gasteiger partial charge in [0.1, 0.15) is 23.2 Å². The number of methoxy groups -OCH3 is 1. The molecule has 3 aromatic heterocycles. The Hall–Kier alpha value is -4.84. The maximum atomic E-state index is 14.8. The van der Waals surface area contributed by atoms with E-state index in [-0.39, 0.29) is 57.2 Å². The van der Waals surface area contributed by atoms with E-state index in [2.05, 4.69) is 54.3 Å². The molecule has 0 unspecified atom stereocenters. The van der Waals surface area contributed by atoms with E-state index < -0.39 is 65.6 Å². The summed E-state index contributed by atoms with van der Waals surface area (Å²) >= 11 is 1.31. The number of benzene rings is 1. The summed E-state index contributed by atoms with van der Waals surface area (Å²) in [5, 5.41) is 7.70. The zero-order chi connectivity index (χ0) is 45.6. The average Bonchev–Trinajstić information content (AvgIpc) is 3.69. The van der Waals surface area contributed by atoms with Crippen molar-refractivity contribution in [3.05, 3.63) is 58.2 Å². The van der Waals surface area contributed by atoms with Crippen LogP contribution in [0.15, 0.2) is 41.9 Å². The van der Waals surface area contributed by atoms with Gasteiger partial charge in [0.2, 0.25) is 18.2 Å². The number of nitrogens with one attached hydrogen (secondary N) is 2. The molecule has 2 N–H and O–H groups in total. The number of aryl methyl sites for hydroxylation is 1. The van der Waals surface area contributed by atoms with Crippen molar-refractivity contribution in [3.8, 4) is 22.5 Å². The van der Waals surface area contributed by atoms with Gasteiger partial charge < -0.3 is 29.0 Å². The molecule has 8 rings (SSSR count). The Balaban J connectivity index is 1.20. The third-order valence-electron chi connectivity index (χ3n) is 13.4. The van der Waals surface area contributed by atoms with Gasteiger partial charge in [-0.25, -0.2) is 19.2 Å². The zero-order valence-corrected chi connectivity index (χ0v) is 38.4. The number of likely N-dealkylation sites (tertiary alicyclic amines) is 1. The minimum Gasteiger partial charge on any atom is -0.464 e. The molecule has 2 saturated heterocycles. The Kier molecular flexibility index (Phi) is 13.3. The van der Waals surface area contributed by atoms with Crippen LogP contribution in [0.5, 0.6) is 0 Å². The summed E-state index contributed by atoms with van der Waals surface area (Å²) in [6.07, 6.45) is -0.391. The second-order valence-electron chi connectivity index (χ2n) is 18.4. The number of hydrogen-bond donors (Lipinski definition) is 2. The van der Waals surface area contributed by atoms with Crippen LogP contribution in [-0.2, 0) is 46.4 Å². The fraction of sp³-hybridized carbons (Fsp3) is 0.574. The second-order valence-corrected chi connectivity index (χ2v) is 19.3. The van der Waals surface area contributed by atoms with Crippen molar-refractivity contribution in [3.63, 3.8) is 0 Å². The lowest BCUT2D eigenvalue weighted by molar-refractivity contribution is -0.156. The van der Waals surface area contributed by atoms with E-state index in [0.29, 0.717) is 36.5 Å². The molecule has 344 valence electrons. The number of cyclic esters (lactones) is 1. The quantitative estimate of drug-likeness (QED) is 0.164. The Labute approximate surface area is 376 Å². The van der Waals surface area contributed by atoms with E-state index in [1.165, 1.54) is 21.2 Å². The third kappa shape index (κ3) is 8.80. The number of rotatable bonds is 10. The molecule has 0 radical (unpaired) electrons. The SMILES string of the molecule is CCO[C@@H]1c2nc(cs2)-c2ccc3c(c2)c(c(-c2cccnc2[C@H](C)OC)n3CC)CC(C)(C)COC(=O)[C@@H]2CCCN(N2)C(=O)[C@H]1NC(=O)[C@@H]1[C@@H](C)[C@H]1C(=O)N1CC[C@@H](C(F)F)C1. The molecule has 4 aliphatic rings.